The van der Waals surface area contributed by atoms with Crippen molar-refractivity contribution < 1.29 is 9.90 Å². The summed E-state index contributed by atoms with van der Waals surface area (Å²) in [5.74, 6) is -0.600. The number of imidazole rings is 1. The van der Waals surface area contributed by atoms with Gasteiger partial charge in [0.15, 0.2) is 17.2 Å². The molecule has 2 aromatic heterocycles. The molecule has 0 fully saturated rings. The number of fused-ring (bicyclic) bond motifs is 1. The van der Waals surface area contributed by atoms with Crippen molar-refractivity contribution in [3.8, 4) is 17.1 Å². The lowest BCUT2D eigenvalue weighted by molar-refractivity contribution is 0.0997. The van der Waals surface area contributed by atoms with Crippen LogP contribution in [0.25, 0.3) is 22.6 Å². The Bertz CT molecular complexity index is 1390. The lowest BCUT2D eigenvalue weighted by Gasteiger charge is -2.09. The highest BCUT2D eigenvalue weighted by atomic mass is 35.5. The van der Waals surface area contributed by atoms with Gasteiger partial charge in [0.2, 0.25) is 0 Å². The SMILES string of the molecule is Cc1ccc(O)cc1-c1nc(C(N)=O)c2[nH]c(=O)n(CCc3ccc(Cl)c(Cl)c3)c2n1. The number of carbonyl (C=O) groups is 1. The zero-order chi connectivity index (χ0) is 22.3. The van der Waals surface area contributed by atoms with Crippen LogP contribution < -0.4 is 11.4 Å². The average molecular weight is 458 g/mol. The van der Waals surface area contributed by atoms with E-state index in [2.05, 4.69) is 15.0 Å². The first-order chi connectivity index (χ1) is 14.7. The third-order valence-corrected chi connectivity index (χ3v) is 5.67. The van der Waals surface area contributed by atoms with Crippen LogP contribution in [0.15, 0.2) is 41.2 Å². The zero-order valence-corrected chi connectivity index (χ0v) is 17.8. The Kier molecular flexibility index (Phi) is 5.43. The van der Waals surface area contributed by atoms with Gasteiger partial charge in [0.25, 0.3) is 5.91 Å². The van der Waals surface area contributed by atoms with Gasteiger partial charge in [0.05, 0.1) is 10.0 Å². The van der Waals surface area contributed by atoms with Crippen molar-refractivity contribution in [2.75, 3.05) is 0 Å². The Labute approximate surface area is 186 Å². The third kappa shape index (κ3) is 3.99. The summed E-state index contributed by atoms with van der Waals surface area (Å²) >= 11 is 12.0. The Morgan fingerprint density at radius 2 is 1.94 bits per heavy atom. The molecule has 2 aromatic carbocycles. The molecule has 0 unspecified atom stereocenters. The Hall–Kier alpha value is -3.36. The molecule has 0 bridgehead atoms. The maximum atomic E-state index is 12.6. The fraction of sp³-hybridized carbons (Fsp3) is 0.143. The predicted molar refractivity (Wildman–Crippen MR) is 119 cm³/mol. The minimum atomic E-state index is -0.802. The van der Waals surface area contributed by atoms with Crippen LogP contribution in [0.5, 0.6) is 5.75 Å². The predicted octanol–water partition coefficient (Wildman–Crippen LogP) is 3.45. The summed E-state index contributed by atoms with van der Waals surface area (Å²) in [5, 5.41) is 10.7. The molecule has 10 heteroatoms. The molecule has 0 atom stereocenters. The van der Waals surface area contributed by atoms with Crippen molar-refractivity contribution in [2.24, 2.45) is 5.73 Å². The van der Waals surface area contributed by atoms with Gasteiger partial charge in [-0.05, 0) is 48.7 Å². The highest BCUT2D eigenvalue weighted by Crippen LogP contribution is 2.27. The van der Waals surface area contributed by atoms with E-state index in [0.29, 0.717) is 22.0 Å². The van der Waals surface area contributed by atoms with Gasteiger partial charge in [-0.25, -0.2) is 14.8 Å². The lowest BCUT2D eigenvalue weighted by Crippen LogP contribution is -2.18. The number of rotatable bonds is 5. The molecule has 0 spiro atoms. The molecule has 0 aliphatic rings. The lowest BCUT2D eigenvalue weighted by atomic mass is 10.1. The first kappa shape index (κ1) is 20.9. The number of nitrogens with zero attached hydrogens (tertiary/aromatic N) is 3. The number of phenolic OH excluding ortho intramolecular Hbond substituents is 1. The molecule has 0 saturated heterocycles. The number of halogens is 2. The van der Waals surface area contributed by atoms with E-state index in [1.807, 2.05) is 13.0 Å². The molecule has 4 rings (SSSR count). The normalized spacial score (nSPS) is 11.2. The van der Waals surface area contributed by atoms with Crippen LogP contribution in [0.4, 0.5) is 0 Å². The van der Waals surface area contributed by atoms with Gasteiger partial charge >= 0.3 is 5.69 Å². The summed E-state index contributed by atoms with van der Waals surface area (Å²) in [5.41, 5.74) is 7.55. The van der Waals surface area contributed by atoms with Crippen LogP contribution >= 0.6 is 23.2 Å². The number of aromatic nitrogens is 4. The van der Waals surface area contributed by atoms with Gasteiger partial charge in [0.1, 0.15) is 11.3 Å². The Morgan fingerprint density at radius 3 is 2.65 bits per heavy atom. The van der Waals surface area contributed by atoms with E-state index >= 15 is 0 Å². The number of aromatic amines is 1. The van der Waals surface area contributed by atoms with Crippen LogP contribution in [-0.2, 0) is 13.0 Å². The number of nitrogens with one attached hydrogen (secondary N) is 1. The second kappa shape index (κ2) is 8.05. The van der Waals surface area contributed by atoms with Crippen molar-refractivity contribution >= 4 is 40.3 Å². The first-order valence-electron chi connectivity index (χ1n) is 9.29. The number of hydrogen-bond donors (Lipinski definition) is 3. The van der Waals surface area contributed by atoms with Crippen LogP contribution in [0, 0.1) is 6.92 Å². The van der Waals surface area contributed by atoms with E-state index in [4.69, 9.17) is 28.9 Å². The molecule has 8 nitrogen and oxygen atoms in total. The maximum absolute atomic E-state index is 12.6. The topological polar surface area (TPSA) is 127 Å². The second-order valence-corrected chi connectivity index (χ2v) is 7.85. The molecule has 31 heavy (non-hydrogen) atoms. The molecule has 0 saturated carbocycles. The molecule has 1 amide bonds. The van der Waals surface area contributed by atoms with E-state index in [-0.39, 0.29) is 35.0 Å². The van der Waals surface area contributed by atoms with E-state index in [9.17, 15) is 14.7 Å². The second-order valence-electron chi connectivity index (χ2n) is 7.04. The minimum Gasteiger partial charge on any atom is -0.508 e. The fourth-order valence-corrected chi connectivity index (χ4v) is 3.64. The number of hydrogen-bond acceptors (Lipinski definition) is 5. The molecular weight excluding hydrogens is 441 g/mol. The summed E-state index contributed by atoms with van der Waals surface area (Å²) in [6, 6.07) is 9.97. The Balaban J connectivity index is 1.84. The van der Waals surface area contributed by atoms with Crippen molar-refractivity contribution in [2.45, 2.75) is 19.9 Å². The van der Waals surface area contributed by atoms with E-state index < -0.39 is 11.6 Å². The summed E-state index contributed by atoms with van der Waals surface area (Å²) < 4.78 is 1.41. The number of amides is 1. The molecule has 0 aliphatic heterocycles. The number of benzene rings is 2. The highest BCUT2D eigenvalue weighted by molar-refractivity contribution is 6.42. The molecule has 2 heterocycles. The number of phenols is 1. The van der Waals surface area contributed by atoms with Crippen molar-refractivity contribution in [1.29, 1.82) is 0 Å². The van der Waals surface area contributed by atoms with Crippen molar-refractivity contribution in [1.82, 2.24) is 19.5 Å². The first-order valence-corrected chi connectivity index (χ1v) is 10.0. The van der Waals surface area contributed by atoms with Gasteiger partial charge in [-0.15, -0.1) is 0 Å². The highest BCUT2D eigenvalue weighted by Gasteiger charge is 2.20. The Morgan fingerprint density at radius 1 is 1.16 bits per heavy atom. The molecular formula is C21H17Cl2N5O3. The van der Waals surface area contributed by atoms with Crippen LogP contribution in [0.2, 0.25) is 10.0 Å². The van der Waals surface area contributed by atoms with Crippen LogP contribution in [-0.4, -0.2) is 30.5 Å². The van der Waals surface area contributed by atoms with Gasteiger partial charge in [0, 0.05) is 12.1 Å². The monoisotopic (exact) mass is 457 g/mol. The zero-order valence-electron chi connectivity index (χ0n) is 16.3. The average Bonchev–Trinajstić information content (AvgIpc) is 3.04. The van der Waals surface area contributed by atoms with Gasteiger partial charge < -0.3 is 15.8 Å². The summed E-state index contributed by atoms with van der Waals surface area (Å²) in [6.45, 7) is 2.09. The van der Waals surface area contributed by atoms with E-state index in [1.165, 1.54) is 16.7 Å². The molecule has 0 aliphatic carbocycles. The van der Waals surface area contributed by atoms with Gasteiger partial charge in [-0.1, -0.05) is 35.3 Å². The quantitative estimate of drug-likeness (QED) is 0.422. The standard InChI is InChI=1S/C21H17Cl2N5O3/c1-10-2-4-12(29)9-13(10)19-25-16(18(24)30)17-20(27-19)28(21(31)26-17)7-6-11-3-5-14(22)15(23)8-11/h2-5,8-9,29H,6-7H2,1H3,(H2,24,30)(H,26,31). The fourth-order valence-electron chi connectivity index (χ4n) is 3.32. The number of H-pyrrole nitrogens is 1. The number of primary amides is 1. The van der Waals surface area contributed by atoms with Gasteiger partial charge in [-0.3, -0.25) is 9.36 Å². The van der Waals surface area contributed by atoms with E-state index in [1.54, 1.807) is 18.2 Å². The van der Waals surface area contributed by atoms with Crippen LogP contribution in [0.3, 0.4) is 0 Å². The number of nitrogens with two attached hydrogens (primary N) is 1. The minimum absolute atomic E-state index is 0.0241. The van der Waals surface area contributed by atoms with Crippen molar-refractivity contribution in [3.05, 3.63) is 73.7 Å². The number of aromatic hydroxyl groups is 1. The number of carbonyl (C=O) groups excluding carboxylic acids is 1. The molecule has 4 aromatic rings. The third-order valence-electron chi connectivity index (χ3n) is 4.93. The molecule has 4 N–H and O–H groups in total. The van der Waals surface area contributed by atoms with Crippen molar-refractivity contribution in [3.63, 3.8) is 0 Å². The maximum Gasteiger partial charge on any atom is 0.327 e. The number of aryl methyl sites for hydroxylation is 3. The summed E-state index contributed by atoms with van der Waals surface area (Å²) in [4.78, 5) is 36.1. The van der Waals surface area contributed by atoms with Crippen LogP contribution in [0.1, 0.15) is 21.6 Å². The molecule has 0 radical (unpaired) electrons. The summed E-state index contributed by atoms with van der Waals surface area (Å²) in [6.07, 6.45) is 0.472. The smallest absolute Gasteiger partial charge is 0.327 e. The largest absolute Gasteiger partial charge is 0.508 e. The summed E-state index contributed by atoms with van der Waals surface area (Å²) in [7, 11) is 0. The molecule has 158 valence electrons. The van der Waals surface area contributed by atoms with Gasteiger partial charge in [-0.2, -0.15) is 0 Å². The van der Waals surface area contributed by atoms with E-state index in [0.717, 1.165) is 11.1 Å².